The first kappa shape index (κ1) is 14.8. The molecule has 114 valence electrons. The van der Waals surface area contributed by atoms with Crippen LogP contribution in [0.4, 0.5) is 0 Å². The number of fused-ring (bicyclic) bond motifs is 1. The highest BCUT2D eigenvalue weighted by atomic mass is 16.5. The number of rotatable bonds is 3. The zero-order valence-corrected chi connectivity index (χ0v) is 12.5. The van der Waals surface area contributed by atoms with Crippen LogP contribution in [0.1, 0.15) is 22.8 Å². The molecule has 0 radical (unpaired) electrons. The number of carbonyl (C=O) groups excluding carboxylic acids is 2. The molecule has 4 nitrogen and oxygen atoms in total. The quantitative estimate of drug-likeness (QED) is 0.492. The Morgan fingerprint density at radius 3 is 2.61 bits per heavy atom. The zero-order chi connectivity index (χ0) is 16.4. The summed E-state index contributed by atoms with van der Waals surface area (Å²) >= 11 is 0. The molecule has 1 aliphatic rings. The van der Waals surface area contributed by atoms with Crippen LogP contribution in [0.3, 0.4) is 0 Å². The Morgan fingerprint density at radius 1 is 1.17 bits per heavy atom. The second-order valence-corrected chi connectivity index (χ2v) is 5.18. The predicted molar refractivity (Wildman–Crippen MR) is 86.3 cm³/mol. The highest BCUT2D eigenvalue weighted by Gasteiger charge is 2.28. The summed E-state index contributed by atoms with van der Waals surface area (Å²) in [5.41, 5.74) is 1.62. The molecule has 23 heavy (non-hydrogen) atoms. The van der Waals surface area contributed by atoms with E-state index in [1.54, 1.807) is 25.1 Å². The molecule has 0 bridgehead atoms. The number of ether oxygens (including phenoxy) is 2. The number of hydrogen-bond acceptors (Lipinski definition) is 4. The zero-order valence-electron chi connectivity index (χ0n) is 12.5. The lowest BCUT2D eigenvalue weighted by atomic mass is 10.1. The van der Waals surface area contributed by atoms with Crippen LogP contribution in [-0.2, 0) is 4.79 Å². The van der Waals surface area contributed by atoms with E-state index in [0.29, 0.717) is 22.6 Å². The minimum absolute atomic E-state index is 0.193. The van der Waals surface area contributed by atoms with Gasteiger partial charge in [0, 0.05) is 11.6 Å². The maximum atomic E-state index is 12.3. The fourth-order valence-corrected chi connectivity index (χ4v) is 2.13. The summed E-state index contributed by atoms with van der Waals surface area (Å²) < 4.78 is 10.7. The van der Waals surface area contributed by atoms with Crippen molar-refractivity contribution < 1.29 is 19.1 Å². The molecule has 0 atom stereocenters. The molecule has 1 aliphatic heterocycles. The molecule has 1 heterocycles. The first-order valence-electron chi connectivity index (χ1n) is 7.05. The van der Waals surface area contributed by atoms with E-state index in [2.05, 4.69) is 6.58 Å². The Hall–Kier alpha value is -3.14. The smallest absolute Gasteiger partial charge is 0.338 e. The lowest BCUT2D eigenvalue weighted by molar-refractivity contribution is -0.130. The van der Waals surface area contributed by atoms with Crippen molar-refractivity contribution in [1.82, 2.24) is 0 Å². The fourth-order valence-electron chi connectivity index (χ4n) is 2.13. The molecular weight excluding hydrogens is 292 g/mol. The monoisotopic (exact) mass is 306 g/mol. The van der Waals surface area contributed by atoms with Crippen LogP contribution < -0.4 is 9.47 Å². The lowest BCUT2D eigenvalue weighted by Crippen LogP contribution is -2.08. The van der Waals surface area contributed by atoms with Gasteiger partial charge in [-0.2, -0.15) is 0 Å². The van der Waals surface area contributed by atoms with Gasteiger partial charge in [0.25, 0.3) is 0 Å². The summed E-state index contributed by atoms with van der Waals surface area (Å²) in [6.07, 6.45) is 1.68. The van der Waals surface area contributed by atoms with Gasteiger partial charge in [0.15, 0.2) is 5.76 Å². The number of carbonyl (C=O) groups is 2. The summed E-state index contributed by atoms with van der Waals surface area (Å²) in [6.45, 7) is 5.09. The molecule has 0 spiro atoms. The van der Waals surface area contributed by atoms with E-state index in [4.69, 9.17) is 9.47 Å². The molecular formula is C19H14O4. The highest BCUT2D eigenvalue weighted by Crippen LogP contribution is 2.35. The second kappa shape index (κ2) is 5.93. The van der Waals surface area contributed by atoms with E-state index in [1.165, 1.54) is 6.07 Å². The van der Waals surface area contributed by atoms with Gasteiger partial charge in [0.2, 0.25) is 5.78 Å². The molecule has 4 heteroatoms. The Bertz CT molecular complexity index is 832. The van der Waals surface area contributed by atoms with Crippen molar-refractivity contribution in [2.45, 2.75) is 6.92 Å². The van der Waals surface area contributed by atoms with Crippen LogP contribution >= 0.6 is 0 Å². The van der Waals surface area contributed by atoms with Gasteiger partial charge < -0.3 is 9.47 Å². The minimum Gasteiger partial charge on any atom is -0.452 e. The van der Waals surface area contributed by atoms with Gasteiger partial charge in [-0.25, -0.2) is 4.79 Å². The third kappa shape index (κ3) is 3.06. The van der Waals surface area contributed by atoms with Gasteiger partial charge in [-0.05, 0) is 30.7 Å². The van der Waals surface area contributed by atoms with Crippen LogP contribution in [0.25, 0.3) is 6.08 Å². The van der Waals surface area contributed by atoms with E-state index in [9.17, 15) is 9.59 Å². The van der Waals surface area contributed by atoms with Crippen LogP contribution in [0.15, 0.2) is 66.4 Å². The van der Waals surface area contributed by atoms with E-state index in [1.807, 2.05) is 30.3 Å². The van der Waals surface area contributed by atoms with Crippen molar-refractivity contribution in [3.63, 3.8) is 0 Å². The van der Waals surface area contributed by atoms with Gasteiger partial charge in [0.1, 0.15) is 11.5 Å². The molecule has 0 fully saturated rings. The maximum absolute atomic E-state index is 12.3. The van der Waals surface area contributed by atoms with Crippen molar-refractivity contribution in [2.24, 2.45) is 0 Å². The molecule has 2 aromatic carbocycles. The van der Waals surface area contributed by atoms with Crippen LogP contribution in [-0.4, -0.2) is 11.8 Å². The summed E-state index contributed by atoms with van der Waals surface area (Å²) in [4.78, 5) is 23.9. The molecule has 0 saturated heterocycles. The summed E-state index contributed by atoms with van der Waals surface area (Å²) in [7, 11) is 0. The van der Waals surface area contributed by atoms with E-state index in [0.717, 1.165) is 5.56 Å². The number of allylic oxidation sites excluding steroid dienone is 1. The van der Waals surface area contributed by atoms with Crippen molar-refractivity contribution in [3.8, 4) is 11.5 Å². The molecule has 2 aromatic rings. The molecule has 0 aromatic heterocycles. The van der Waals surface area contributed by atoms with Crippen molar-refractivity contribution in [2.75, 3.05) is 0 Å². The van der Waals surface area contributed by atoms with Gasteiger partial charge in [0.05, 0.1) is 5.56 Å². The third-order valence-corrected chi connectivity index (χ3v) is 3.30. The van der Waals surface area contributed by atoms with Gasteiger partial charge in [-0.15, -0.1) is 0 Å². The number of ketones is 1. The van der Waals surface area contributed by atoms with Gasteiger partial charge in [-0.3, -0.25) is 4.79 Å². The second-order valence-electron chi connectivity index (χ2n) is 5.18. The Kier molecular flexibility index (Phi) is 3.81. The average molecular weight is 306 g/mol. The Morgan fingerprint density at radius 2 is 1.91 bits per heavy atom. The van der Waals surface area contributed by atoms with E-state index < -0.39 is 5.97 Å². The molecule has 0 N–H and O–H groups in total. The lowest BCUT2D eigenvalue weighted by Gasteiger charge is -2.04. The predicted octanol–water partition coefficient (Wildman–Crippen LogP) is 3.78. The van der Waals surface area contributed by atoms with Crippen molar-refractivity contribution in [3.05, 3.63) is 77.6 Å². The first-order valence-corrected chi connectivity index (χ1v) is 7.05. The largest absolute Gasteiger partial charge is 0.452 e. The van der Waals surface area contributed by atoms with Crippen LogP contribution in [0.5, 0.6) is 11.5 Å². The molecule has 0 saturated carbocycles. The first-order chi connectivity index (χ1) is 11.0. The molecule has 0 amide bonds. The standard InChI is InChI=1S/C19H14O4/c1-12(2)19(21)22-14-8-9-15-16(11-14)23-17(18(15)20)10-13-6-4-3-5-7-13/h3-11H,1H2,2H3/b17-10-. The summed E-state index contributed by atoms with van der Waals surface area (Å²) in [6, 6.07) is 14.1. The topological polar surface area (TPSA) is 52.6 Å². The Balaban J connectivity index is 1.86. The highest BCUT2D eigenvalue weighted by molar-refractivity contribution is 6.14. The normalized spacial score (nSPS) is 14.3. The number of benzene rings is 2. The van der Waals surface area contributed by atoms with Gasteiger partial charge >= 0.3 is 5.97 Å². The fraction of sp³-hybridized carbons (Fsp3) is 0.0526. The average Bonchev–Trinajstić information content (AvgIpc) is 2.84. The number of hydrogen-bond donors (Lipinski definition) is 0. The summed E-state index contributed by atoms with van der Waals surface area (Å²) in [5.74, 6) is 0.222. The SMILES string of the molecule is C=C(C)C(=O)Oc1ccc2c(c1)O/C(=C\c1ccccc1)C2=O. The molecule has 3 rings (SSSR count). The Labute approximate surface area is 133 Å². The summed E-state index contributed by atoms with van der Waals surface area (Å²) in [5, 5.41) is 0. The van der Waals surface area contributed by atoms with Crippen LogP contribution in [0.2, 0.25) is 0 Å². The van der Waals surface area contributed by atoms with E-state index >= 15 is 0 Å². The van der Waals surface area contributed by atoms with Gasteiger partial charge in [-0.1, -0.05) is 36.9 Å². The number of Topliss-reactive ketones (excluding diaryl/α,β-unsaturated/α-hetero) is 1. The number of esters is 1. The molecule has 0 aliphatic carbocycles. The third-order valence-electron chi connectivity index (χ3n) is 3.30. The van der Waals surface area contributed by atoms with Crippen molar-refractivity contribution in [1.29, 1.82) is 0 Å². The van der Waals surface area contributed by atoms with Crippen LogP contribution in [0, 0.1) is 0 Å². The molecule has 0 unspecified atom stereocenters. The van der Waals surface area contributed by atoms with E-state index in [-0.39, 0.29) is 11.5 Å². The minimum atomic E-state index is -0.519. The maximum Gasteiger partial charge on any atom is 0.338 e. The van der Waals surface area contributed by atoms with Crippen molar-refractivity contribution >= 4 is 17.8 Å².